The first-order chi connectivity index (χ1) is 16.7. The molecule has 1 saturated carbocycles. The number of nitrogens with one attached hydrogen (secondary N) is 1. The number of aliphatic hydroxyl groups is 2. The molecule has 35 heavy (non-hydrogen) atoms. The highest BCUT2D eigenvalue weighted by Crippen LogP contribution is 2.45. The van der Waals surface area contributed by atoms with E-state index in [-0.39, 0.29) is 17.5 Å². The third-order valence-electron chi connectivity index (χ3n) is 6.96. The van der Waals surface area contributed by atoms with Crippen LogP contribution in [0, 0.1) is 23.4 Å². The summed E-state index contributed by atoms with van der Waals surface area (Å²) < 4.78 is 42.8. The molecule has 184 valence electrons. The quantitative estimate of drug-likeness (QED) is 0.481. The second-order valence-corrected chi connectivity index (χ2v) is 8.97. The number of rotatable bonds is 5. The van der Waals surface area contributed by atoms with Gasteiger partial charge >= 0.3 is 0 Å². The predicted molar refractivity (Wildman–Crippen MR) is 124 cm³/mol. The Morgan fingerprint density at radius 3 is 2.49 bits per heavy atom. The molecule has 0 aliphatic heterocycles. The fraction of sp³-hybridized carbons (Fsp3) is 0.346. The molecule has 1 aliphatic rings. The zero-order valence-corrected chi connectivity index (χ0v) is 19.3. The fourth-order valence-electron chi connectivity index (χ4n) is 4.89. The minimum atomic E-state index is -1.18. The number of halogens is 3. The van der Waals surface area contributed by atoms with Crippen molar-refractivity contribution in [2.45, 2.75) is 50.7 Å². The van der Waals surface area contributed by atoms with E-state index in [4.69, 9.17) is 0 Å². The van der Waals surface area contributed by atoms with Crippen LogP contribution in [0.5, 0.6) is 0 Å². The van der Waals surface area contributed by atoms with Crippen LogP contribution in [0.4, 0.5) is 18.9 Å². The maximum absolute atomic E-state index is 14.4. The number of hydrogen-bond donors (Lipinski definition) is 3. The lowest BCUT2D eigenvalue weighted by atomic mass is 9.67. The Morgan fingerprint density at radius 2 is 1.83 bits per heavy atom. The van der Waals surface area contributed by atoms with E-state index in [1.165, 1.54) is 6.20 Å². The number of carbonyl (C=O) groups excluding carboxylic acids is 1. The van der Waals surface area contributed by atoms with Gasteiger partial charge in [0.1, 0.15) is 28.8 Å². The second-order valence-electron chi connectivity index (χ2n) is 8.97. The lowest BCUT2D eigenvalue weighted by molar-refractivity contribution is -0.138. The average Bonchev–Trinajstić information content (AvgIpc) is 2.83. The minimum Gasteiger partial charge on any atom is -0.390 e. The number of amides is 1. The lowest BCUT2D eigenvalue weighted by Crippen LogP contribution is -2.51. The van der Waals surface area contributed by atoms with Crippen LogP contribution in [0.15, 0.2) is 48.8 Å². The molecule has 6 nitrogen and oxygen atoms in total. The van der Waals surface area contributed by atoms with E-state index in [2.05, 4.69) is 15.3 Å². The molecule has 3 N–H and O–H groups in total. The summed E-state index contributed by atoms with van der Waals surface area (Å²) >= 11 is 0. The van der Waals surface area contributed by atoms with E-state index in [1.54, 1.807) is 12.3 Å². The number of carbonyl (C=O) groups is 1. The maximum Gasteiger partial charge on any atom is 0.274 e. The zero-order valence-electron chi connectivity index (χ0n) is 19.3. The number of pyridine rings is 2. The molecule has 2 aromatic heterocycles. The van der Waals surface area contributed by atoms with Crippen molar-refractivity contribution in [2.75, 3.05) is 5.32 Å². The van der Waals surface area contributed by atoms with Crippen molar-refractivity contribution in [1.29, 1.82) is 0 Å². The second kappa shape index (κ2) is 9.75. The fourth-order valence-corrected chi connectivity index (χ4v) is 4.89. The van der Waals surface area contributed by atoms with Gasteiger partial charge in [0.2, 0.25) is 0 Å². The third kappa shape index (κ3) is 4.66. The van der Waals surface area contributed by atoms with Gasteiger partial charge in [-0.1, -0.05) is 19.9 Å². The Bertz CT molecular complexity index is 1220. The van der Waals surface area contributed by atoms with Crippen LogP contribution >= 0.6 is 0 Å². The molecule has 0 saturated heterocycles. The van der Waals surface area contributed by atoms with Crippen LogP contribution in [0.1, 0.15) is 55.1 Å². The van der Waals surface area contributed by atoms with E-state index in [0.717, 1.165) is 35.9 Å². The molecular weight excluding hydrogens is 459 g/mol. The topological polar surface area (TPSA) is 95.3 Å². The Kier molecular flexibility index (Phi) is 6.91. The van der Waals surface area contributed by atoms with Gasteiger partial charge in [-0.25, -0.2) is 18.2 Å². The average molecular weight is 486 g/mol. The van der Waals surface area contributed by atoms with E-state index in [0.29, 0.717) is 24.9 Å². The van der Waals surface area contributed by atoms with Gasteiger partial charge in [0.25, 0.3) is 5.91 Å². The van der Waals surface area contributed by atoms with Crippen molar-refractivity contribution < 1.29 is 28.2 Å². The first-order valence-corrected chi connectivity index (χ1v) is 11.4. The summed E-state index contributed by atoms with van der Waals surface area (Å²) in [7, 11) is 0. The van der Waals surface area contributed by atoms with Crippen LogP contribution < -0.4 is 5.32 Å². The Hall–Kier alpha value is -3.30. The molecule has 2 heterocycles. The Balaban J connectivity index is 1.62. The molecule has 0 spiro atoms. The molecule has 0 unspecified atom stereocenters. The summed E-state index contributed by atoms with van der Waals surface area (Å²) in [4.78, 5) is 21.0. The summed E-state index contributed by atoms with van der Waals surface area (Å²) in [5.74, 6) is -4.03. The van der Waals surface area contributed by atoms with Gasteiger partial charge in [-0.15, -0.1) is 0 Å². The minimum absolute atomic E-state index is 0.158. The summed E-state index contributed by atoms with van der Waals surface area (Å²) in [6.07, 6.45) is 3.38. The first kappa shape index (κ1) is 24.8. The number of benzene rings is 1. The number of hydrogen-bond acceptors (Lipinski definition) is 5. The summed E-state index contributed by atoms with van der Waals surface area (Å²) in [6, 6.07) is 6.89. The van der Waals surface area contributed by atoms with Gasteiger partial charge in [0.05, 0.1) is 29.2 Å². The van der Waals surface area contributed by atoms with E-state index in [1.807, 2.05) is 13.8 Å². The highest BCUT2D eigenvalue weighted by atomic mass is 19.1. The van der Waals surface area contributed by atoms with E-state index in [9.17, 15) is 28.2 Å². The number of nitrogens with zero attached hydrogens (tertiary/aromatic N) is 2. The van der Waals surface area contributed by atoms with Crippen molar-refractivity contribution in [2.24, 2.45) is 5.92 Å². The van der Waals surface area contributed by atoms with Crippen molar-refractivity contribution in [3.63, 3.8) is 0 Å². The summed E-state index contributed by atoms with van der Waals surface area (Å²) in [5, 5.41) is 24.1. The number of anilines is 1. The van der Waals surface area contributed by atoms with Crippen LogP contribution in [0.3, 0.4) is 0 Å². The van der Waals surface area contributed by atoms with Crippen molar-refractivity contribution in [3.8, 4) is 11.3 Å². The normalized spacial score (nSPS) is 24.3. The van der Waals surface area contributed by atoms with Crippen LogP contribution in [0.25, 0.3) is 11.3 Å². The van der Waals surface area contributed by atoms with Gasteiger partial charge in [-0.3, -0.25) is 9.78 Å². The smallest absolute Gasteiger partial charge is 0.274 e. The highest BCUT2D eigenvalue weighted by Gasteiger charge is 2.45. The zero-order chi connectivity index (χ0) is 25.3. The molecule has 0 radical (unpaired) electrons. The first-order valence-electron chi connectivity index (χ1n) is 11.4. The van der Waals surface area contributed by atoms with Crippen LogP contribution in [-0.2, 0) is 0 Å². The van der Waals surface area contributed by atoms with Gasteiger partial charge in [0.15, 0.2) is 0 Å². The Labute approximate surface area is 200 Å². The Morgan fingerprint density at radius 1 is 1.11 bits per heavy atom. The van der Waals surface area contributed by atoms with Crippen LogP contribution in [0.2, 0.25) is 0 Å². The standard InChI is InChI=1S/C26H26F3N3O3/c1-3-26(35)14(2)11-15(12-22(26)33)16-9-10-30-13-21(16)32-25(34)20-8-7-19(29)24(31-20)23-17(27)5-4-6-18(23)28/h4-10,13-15,22,33,35H,3,11-12H2,1-2H3,(H,32,34)/t14-,15+,22+,26+/m1/s1. The molecule has 4 rings (SSSR count). The number of aliphatic hydroxyl groups excluding tert-OH is 1. The van der Waals surface area contributed by atoms with Crippen molar-refractivity contribution in [3.05, 3.63) is 77.5 Å². The van der Waals surface area contributed by atoms with Crippen molar-refractivity contribution in [1.82, 2.24) is 9.97 Å². The molecule has 4 atom stereocenters. The molecule has 1 aromatic carbocycles. The molecule has 1 amide bonds. The van der Waals surface area contributed by atoms with Gasteiger partial charge in [-0.2, -0.15) is 0 Å². The molecular formula is C26H26F3N3O3. The summed E-state index contributed by atoms with van der Waals surface area (Å²) in [6.45, 7) is 3.71. The molecule has 3 aromatic rings. The van der Waals surface area contributed by atoms with Gasteiger partial charge in [0, 0.05) is 6.20 Å². The SMILES string of the molecule is CC[C@]1(O)[C@H](C)C[C@H](c2ccncc2NC(=O)c2ccc(F)c(-c3c(F)cccc3F)n2)C[C@@H]1O. The van der Waals surface area contributed by atoms with E-state index >= 15 is 0 Å². The highest BCUT2D eigenvalue weighted by molar-refractivity contribution is 6.03. The van der Waals surface area contributed by atoms with Crippen molar-refractivity contribution >= 4 is 11.6 Å². The monoisotopic (exact) mass is 485 g/mol. The predicted octanol–water partition coefficient (Wildman–Crippen LogP) is 4.83. The molecule has 0 bridgehead atoms. The van der Waals surface area contributed by atoms with Gasteiger partial charge in [-0.05, 0) is 67.0 Å². The number of aromatic nitrogens is 2. The molecule has 9 heteroatoms. The van der Waals surface area contributed by atoms with E-state index < -0.39 is 46.3 Å². The maximum atomic E-state index is 14.4. The molecule has 1 aliphatic carbocycles. The van der Waals surface area contributed by atoms with Gasteiger partial charge < -0.3 is 15.5 Å². The largest absolute Gasteiger partial charge is 0.390 e. The third-order valence-corrected chi connectivity index (χ3v) is 6.96. The lowest BCUT2D eigenvalue weighted by Gasteiger charge is -2.45. The molecule has 1 fully saturated rings. The van der Waals surface area contributed by atoms with Crippen LogP contribution in [-0.4, -0.2) is 37.8 Å². The summed E-state index contributed by atoms with van der Waals surface area (Å²) in [5.41, 5.74) is -1.59.